The Labute approximate surface area is 148 Å². The van der Waals surface area contributed by atoms with E-state index in [2.05, 4.69) is 15.4 Å². The molecule has 0 aliphatic carbocycles. The van der Waals surface area contributed by atoms with Crippen molar-refractivity contribution in [1.29, 1.82) is 0 Å². The van der Waals surface area contributed by atoms with Crippen LogP contribution in [0.25, 0.3) is 0 Å². The molecule has 0 radical (unpaired) electrons. The van der Waals surface area contributed by atoms with Crippen LogP contribution in [0.2, 0.25) is 0 Å². The number of piperidine rings is 1. The second kappa shape index (κ2) is 10.7. The molecule has 1 fully saturated rings. The number of aliphatic hydroxyl groups excluding tert-OH is 1. The standard InChI is InChI=1S/C10H20N2O3.C8H8O2/c1-10(2,3)15-9(14)12-7-6-11-5-4-8(7)13;9-7-10-6-8-4-2-1-3-5-8/h7-8,11,13H,4-6H2,1-3H3,(H,12,14);1-5,7H,6H2. The van der Waals surface area contributed by atoms with Crippen molar-refractivity contribution in [3.05, 3.63) is 35.9 Å². The Morgan fingerprint density at radius 3 is 2.60 bits per heavy atom. The molecule has 7 heteroatoms. The van der Waals surface area contributed by atoms with Gasteiger partial charge in [-0.3, -0.25) is 4.79 Å². The van der Waals surface area contributed by atoms with Crippen LogP contribution in [0.5, 0.6) is 0 Å². The molecule has 1 aromatic rings. The van der Waals surface area contributed by atoms with Crippen molar-refractivity contribution in [2.24, 2.45) is 0 Å². The molecular formula is C18H28N2O5. The van der Waals surface area contributed by atoms with Crippen molar-refractivity contribution in [3.63, 3.8) is 0 Å². The number of ether oxygens (including phenoxy) is 2. The van der Waals surface area contributed by atoms with E-state index in [1.165, 1.54) is 0 Å². The van der Waals surface area contributed by atoms with Crippen molar-refractivity contribution < 1.29 is 24.2 Å². The molecule has 0 spiro atoms. The Hall–Kier alpha value is -2.12. The third kappa shape index (κ3) is 9.69. The largest absolute Gasteiger partial charge is 0.463 e. The second-order valence-corrected chi connectivity index (χ2v) is 6.71. The van der Waals surface area contributed by atoms with Crippen LogP contribution in [-0.4, -0.2) is 48.5 Å². The maximum Gasteiger partial charge on any atom is 0.408 e. The first-order valence-corrected chi connectivity index (χ1v) is 8.29. The van der Waals surface area contributed by atoms with Gasteiger partial charge in [-0.25, -0.2) is 4.79 Å². The number of benzene rings is 1. The Balaban J connectivity index is 0.000000271. The molecule has 1 aliphatic rings. The summed E-state index contributed by atoms with van der Waals surface area (Å²) >= 11 is 0. The summed E-state index contributed by atoms with van der Waals surface area (Å²) < 4.78 is 9.64. The van der Waals surface area contributed by atoms with Gasteiger partial charge in [-0.15, -0.1) is 0 Å². The molecule has 3 N–H and O–H groups in total. The average molecular weight is 352 g/mol. The van der Waals surface area contributed by atoms with E-state index in [0.717, 1.165) is 12.1 Å². The van der Waals surface area contributed by atoms with E-state index in [-0.39, 0.29) is 6.04 Å². The van der Waals surface area contributed by atoms with Crippen LogP contribution in [-0.2, 0) is 20.9 Å². The number of carbonyl (C=O) groups excluding carboxylic acids is 2. The van der Waals surface area contributed by atoms with Gasteiger partial charge in [0.05, 0.1) is 12.1 Å². The van der Waals surface area contributed by atoms with Crippen LogP contribution in [0.4, 0.5) is 4.79 Å². The summed E-state index contributed by atoms with van der Waals surface area (Å²) in [7, 11) is 0. The molecule has 140 valence electrons. The van der Waals surface area contributed by atoms with Crippen LogP contribution in [0.1, 0.15) is 32.8 Å². The highest BCUT2D eigenvalue weighted by atomic mass is 16.6. The lowest BCUT2D eigenvalue weighted by Gasteiger charge is -2.30. The summed E-state index contributed by atoms with van der Waals surface area (Å²) in [5.74, 6) is 0. The van der Waals surface area contributed by atoms with Gasteiger partial charge in [0.2, 0.25) is 0 Å². The maximum atomic E-state index is 11.4. The number of amides is 1. The normalized spacial score (nSPS) is 19.8. The van der Waals surface area contributed by atoms with Crippen molar-refractivity contribution in [2.45, 2.75) is 51.5 Å². The minimum Gasteiger partial charge on any atom is -0.463 e. The Bertz CT molecular complexity index is 516. The van der Waals surface area contributed by atoms with Gasteiger partial charge in [-0.2, -0.15) is 0 Å². The highest BCUT2D eigenvalue weighted by Gasteiger charge is 2.26. The highest BCUT2D eigenvalue weighted by molar-refractivity contribution is 5.68. The summed E-state index contributed by atoms with van der Waals surface area (Å²) in [5, 5.41) is 15.4. The van der Waals surface area contributed by atoms with Gasteiger partial charge in [0.1, 0.15) is 12.2 Å². The summed E-state index contributed by atoms with van der Waals surface area (Å²) in [6.07, 6.45) is -0.311. The van der Waals surface area contributed by atoms with Crippen molar-refractivity contribution in [2.75, 3.05) is 13.1 Å². The molecule has 1 heterocycles. The average Bonchev–Trinajstić information content (AvgIpc) is 2.55. The van der Waals surface area contributed by atoms with Crippen LogP contribution in [0, 0.1) is 0 Å². The van der Waals surface area contributed by atoms with Crippen molar-refractivity contribution in [1.82, 2.24) is 10.6 Å². The van der Waals surface area contributed by atoms with E-state index >= 15 is 0 Å². The molecule has 2 rings (SSSR count). The lowest BCUT2D eigenvalue weighted by Crippen LogP contribution is -2.54. The molecule has 7 nitrogen and oxygen atoms in total. The molecule has 0 saturated carbocycles. The minimum atomic E-state index is -0.503. The molecule has 1 aliphatic heterocycles. The third-order valence-electron chi connectivity index (χ3n) is 3.31. The van der Waals surface area contributed by atoms with Gasteiger partial charge in [-0.05, 0) is 39.3 Å². The molecule has 0 aromatic heterocycles. The predicted octanol–water partition coefficient (Wildman–Crippen LogP) is 1.59. The third-order valence-corrected chi connectivity index (χ3v) is 3.31. The Morgan fingerprint density at radius 1 is 1.36 bits per heavy atom. The van der Waals surface area contributed by atoms with Gasteiger partial charge in [-0.1, -0.05) is 30.3 Å². The van der Waals surface area contributed by atoms with Gasteiger partial charge in [0.25, 0.3) is 6.47 Å². The molecule has 1 saturated heterocycles. The molecule has 2 unspecified atom stereocenters. The van der Waals surface area contributed by atoms with E-state index in [1.807, 2.05) is 51.1 Å². The predicted molar refractivity (Wildman–Crippen MR) is 93.9 cm³/mol. The van der Waals surface area contributed by atoms with Crippen LogP contribution < -0.4 is 10.6 Å². The van der Waals surface area contributed by atoms with Crippen molar-refractivity contribution in [3.8, 4) is 0 Å². The molecule has 1 amide bonds. The SMILES string of the molecule is CC(C)(C)OC(=O)NC1CNCCC1O.O=COCc1ccccc1. The van der Waals surface area contributed by atoms with E-state index in [0.29, 0.717) is 26.0 Å². The first kappa shape index (κ1) is 20.9. The zero-order valence-electron chi connectivity index (χ0n) is 15.0. The monoisotopic (exact) mass is 352 g/mol. The van der Waals surface area contributed by atoms with Gasteiger partial charge >= 0.3 is 6.09 Å². The number of hydrogen-bond donors (Lipinski definition) is 3. The smallest absolute Gasteiger partial charge is 0.408 e. The Morgan fingerprint density at radius 2 is 2.04 bits per heavy atom. The number of aliphatic hydroxyl groups is 1. The first-order valence-electron chi connectivity index (χ1n) is 8.29. The van der Waals surface area contributed by atoms with Crippen molar-refractivity contribution >= 4 is 12.6 Å². The summed E-state index contributed by atoms with van der Waals surface area (Å²) in [6.45, 7) is 7.61. The molecular weight excluding hydrogens is 324 g/mol. The quantitative estimate of drug-likeness (QED) is 0.712. The first-order chi connectivity index (χ1) is 11.8. The van der Waals surface area contributed by atoms with Gasteiger partial charge in [0.15, 0.2) is 0 Å². The number of nitrogens with one attached hydrogen (secondary N) is 2. The lowest BCUT2D eigenvalue weighted by atomic mass is 10.0. The Kier molecular flexibility index (Phi) is 8.94. The minimum absolute atomic E-state index is 0.256. The second-order valence-electron chi connectivity index (χ2n) is 6.71. The fourth-order valence-electron chi connectivity index (χ4n) is 2.16. The topological polar surface area (TPSA) is 96.9 Å². The van der Waals surface area contributed by atoms with Gasteiger partial charge < -0.3 is 25.2 Å². The van der Waals surface area contributed by atoms with Crippen LogP contribution in [0.15, 0.2) is 30.3 Å². The fraction of sp³-hybridized carbons (Fsp3) is 0.556. The number of alkyl carbamates (subject to hydrolysis) is 1. The molecule has 2 atom stereocenters. The summed E-state index contributed by atoms with van der Waals surface area (Å²) in [4.78, 5) is 21.2. The molecule has 0 bridgehead atoms. The zero-order valence-corrected chi connectivity index (χ0v) is 15.0. The van der Waals surface area contributed by atoms with Gasteiger partial charge in [0, 0.05) is 6.54 Å². The summed E-state index contributed by atoms with van der Waals surface area (Å²) in [5.41, 5.74) is 0.506. The highest BCUT2D eigenvalue weighted by Crippen LogP contribution is 2.08. The van der Waals surface area contributed by atoms with E-state index in [4.69, 9.17) is 4.74 Å². The maximum absolute atomic E-state index is 11.4. The summed E-state index contributed by atoms with van der Waals surface area (Å²) in [6, 6.07) is 9.29. The molecule has 25 heavy (non-hydrogen) atoms. The van der Waals surface area contributed by atoms with E-state index < -0.39 is 17.8 Å². The number of hydrogen-bond acceptors (Lipinski definition) is 6. The van der Waals surface area contributed by atoms with E-state index in [9.17, 15) is 14.7 Å². The molecule has 1 aromatic carbocycles. The number of carbonyl (C=O) groups is 2. The fourth-order valence-corrected chi connectivity index (χ4v) is 2.16. The lowest BCUT2D eigenvalue weighted by molar-refractivity contribution is -0.129. The number of rotatable bonds is 4. The van der Waals surface area contributed by atoms with Crippen LogP contribution >= 0.6 is 0 Å². The van der Waals surface area contributed by atoms with Crippen LogP contribution in [0.3, 0.4) is 0 Å². The van der Waals surface area contributed by atoms with E-state index in [1.54, 1.807) is 0 Å². The zero-order chi connectivity index (χ0) is 18.7.